The predicted octanol–water partition coefficient (Wildman–Crippen LogP) is 1.78. The second-order valence-corrected chi connectivity index (χ2v) is 5.65. The molecule has 2 atom stereocenters. The Kier molecular flexibility index (Phi) is 5.44. The van der Waals surface area contributed by atoms with E-state index in [4.69, 9.17) is 22.1 Å². The molecular formula is C15H19ClN4O3. The smallest absolute Gasteiger partial charge is 0.335 e. The molecule has 0 fully saturated rings. The summed E-state index contributed by atoms with van der Waals surface area (Å²) in [4.78, 5) is 22.6. The van der Waals surface area contributed by atoms with Gasteiger partial charge < -0.3 is 15.8 Å². The third kappa shape index (κ3) is 4.13. The summed E-state index contributed by atoms with van der Waals surface area (Å²) in [5, 5.41) is 7.09. The minimum atomic E-state index is -0.713. The van der Waals surface area contributed by atoms with Crippen molar-refractivity contribution in [2.45, 2.75) is 38.8 Å². The van der Waals surface area contributed by atoms with Gasteiger partial charge in [0.2, 0.25) is 0 Å². The third-order valence-corrected chi connectivity index (χ3v) is 3.70. The van der Waals surface area contributed by atoms with E-state index >= 15 is 0 Å². The molecule has 0 saturated heterocycles. The van der Waals surface area contributed by atoms with Gasteiger partial charge in [0.25, 0.3) is 5.91 Å². The largest absolute Gasteiger partial charge is 0.479 e. The highest BCUT2D eigenvalue weighted by Crippen LogP contribution is 2.28. The van der Waals surface area contributed by atoms with Crippen molar-refractivity contribution in [3.8, 4) is 5.75 Å². The van der Waals surface area contributed by atoms with Gasteiger partial charge in [-0.3, -0.25) is 4.79 Å². The maximum atomic E-state index is 11.4. The first-order chi connectivity index (χ1) is 10.9. The van der Waals surface area contributed by atoms with Gasteiger partial charge in [-0.25, -0.2) is 10.2 Å². The van der Waals surface area contributed by atoms with Gasteiger partial charge >= 0.3 is 6.03 Å². The van der Waals surface area contributed by atoms with Crippen LogP contribution >= 0.6 is 11.6 Å². The number of rotatable bonds is 6. The zero-order valence-corrected chi connectivity index (χ0v) is 13.7. The molecule has 1 aliphatic heterocycles. The number of urea groups is 1. The number of nitrogens with zero attached hydrogens (tertiary/aromatic N) is 1. The highest BCUT2D eigenvalue weighted by atomic mass is 35.5. The number of carbonyl (C=O) groups is 2. The summed E-state index contributed by atoms with van der Waals surface area (Å²) in [7, 11) is 0. The molecule has 1 heterocycles. The molecule has 3 amide bonds. The molecule has 1 aliphatic rings. The summed E-state index contributed by atoms with van der Waals surface area (Å²) in [5.41, 5.74) is 9.08. The van der Waals surface area contributed by atoms with Crippen LogP contribution in [-0.2, 0) is 4.79 Å². The molecule has 1 aromatic rings. The molecule has 0 saturated carbocycles. The SMILES string of the molecule is CCCC(Oc1ccc(C2=NNC(=O)NC2C)cc1Cl)C(N)=O. The quantitative estimate of drug-likeness (QED) is 0.736. The van der Waals surface area contributed by atoms with Gasteiger partial charge in [-0.2, -0.15) is 5.10 Å². The van der Waals surface area contributed by atoms with E-state index in [1.807, 2.05) is 13.8 Å². The van der Waals surface area contributed by atoms with Crippen LogP contribution in [0.2, 0.25) is 5.02 Å². The zero-order valence-electron chi connectivity index (χ0n) is 12.9. The van der Waals surface area contributed by atoms with Gasteiger partial charge in [0, 0.05) is 5.56 Å². The standard InChI is InChI=1S/C15H19ClN4O3/c1-3-4-12(14(17)21)23-11-6-5-9(7-10(11)16)13-8(2)18-15(22)20-19-13/h5-8,12H,3-4H2,1-2H3,(H2,17,21)(H2,18,20,22). The maximum absolute atomic E-state index is 11.4. The molecule has 0 bridgehead atoms. The predicted molar refractivity (Wildman–Crippen MR) is 87.6 cm³/mol. The van der Waals surface area contributed by atoms with E-state index in [1.54, 1.807) is 18.2 Å². The first-order valence-corrected chi connectivity index (χ1v) is 7.70. The summed E-state index contributed by atoms with van der Waals surface area (Å²) in [6, 6.07) is 4.51. The number of primary amides is 1. The second-order valence-electron chi connectivity index (χ2n) is 5.25. The van der Waals surface area contributed by atoms with E-state index in [0.29, 0.717) is 22.9 Å². The van der Waals surface area contributed by atoms with Crippen LogP contribution in [0.15, 0.2) is 23.3 Å². The topological polar surface area (TPSA) is 106 Å². The highest BCUT2D eigenvalue weighted by molar-refractivity contribution is 6.32. The highest BCUT2D eigenvalue weighted by Gasteiger charge is 2.22. The molecule has 0 spiro atoms. The molecule has 7 nitrogen and oxygen atoms in total. The van der Waals surface area contributed by atoms with Gasteiger partial charge in [0.05, 0.1) is 16.8 Å². The van der Waals surface area contributed by atoms with Crippen LogP contribution in [0.1, 0.15) is 32.3 Å². The molecule has 124 valence electrons. The number of carbonyl (C=O) groups excluding carboxylic acids is 2. The summed E-state index contributed by atoms with van der Waals surface area (Å²) in [6.07, 6.45) is 0.575. The Bertz CT molecular complexity index is 648. The number of amides is 3. The molecule has 2 unspecified atom stereocenters. The Labute approximate surface area is 139 Å². The Morgan fingerprint density at radius 3 is 2.83 bits per heavy atom. The lowest BCUT2D eigenvalue weighted by atomic mass is 10.0. The fourth-order valence-corrected chi connectivity index (χ4v) is 2.48. The lowest BCUT2D eigenvalue weighted by Crippen LogP contribution is -2.48. The minimum Gasteiger partial charge on any atom is -0.479 e. The number of ether oxygens (including phenoxy) is 1. The zero-order chi connectivity index (χ0) is 17.0. The van der Waals surface area contributed by atoms with Crippen LogP contribution in [0.4, 0.5) is 4.79 Å². The molecule has 8 heteroatoms. The summed E-state index contributed by atoms with van der Waals surface area (Å²) >= 11 is 6.23. The van der Waals surface area contributed by atoms with Crippen molar-refractivity contribution in [1.29, 1.82) is 0 Å². The molecule has 0 aromatic heterocycles. The van der Waals surface area contributed by atoms with Crippen molar-refractivity contribution in [3.05, 3.63) is 28.8 Å². The normalized spacial score (nSPS) is 18.5. The number of hydrogen-bond donors (Lipinski definition) is 3. The lowest BCUT2D eigenvalue weighted by Gasteiger charge is -2.22. The van der Waals surface area contributed by atoms with Crippen LogP contribution in [0.3, 0.4) is 0 Å². The number of halogens is 1. The monoisotopic (exact) mass is 338 g/mol. The van der Waals surface area contributed by atoms with E-state index in [9.17, 15) is 9.59 Å². The van der Waals surface area contributed by atoms with Crippen molar-refractivity contribution >= 4 is 29.3 Å². The van der Waals surface area contributed by atoms with Gasteiger partial charge in [-0.15, -0.1) is 0 Å². The Hall–Kier alpha value is -2.28. The van der Waals surface area contributed by atoms with Crippen molar-refractivity contribution in [3.63, 3.8) is 0 Å². The molecular weight excluding hydrogens is 320 g/mol. The van der Waals surface area contributed by atoms with Crippen molar-refractivity contribution < 1.29 is 14.3 Å². The fourth-order valence-electron chi connectivity index (χ4n) is 2.25. The summed E-state index contributed by atoms with van der Waals surface area (Å²) in [6.45, 7) is 3.76. The summed E-state index contributed by atoms with van der Waals surface area (Å²) < 4.78 is 5.60. The second kappa shape index (κ2) is 7.32. The molecule has 4 N–H and O–H groups in total. The number of benzene rings is 1. The van der Waals surface area contributed by atoms with E-state index in [0.717, 1.165) is 12.0 Å². The maximum Gasteiger partial charge on any atom is 0.335 e. The van der Waals surface area contributed by atoms with Crippen molar-refractivity contribution in [2.75, 3.05) is 0 Å². The van der Waals surface area contributed by atoms with Gasteiger partial charge in [-0.05, 0) is 31.5 Å². The summed E-state index contributed by atoms with van der Waals surface area (Å²) in [5.74, 6) is -0.141. The van der Waals surface area contributed by atoms with E-state index in [1.165, 1.54) is 0 Å². The van der Waals surface area contributed by atoms with Crippen LogP contribution in [0.5, 0.6) is 5.75 Å². The number of hydrazone groups is 1. The van der Waals surface area contributed by atoms with Crippen molar-refractivity contribution in [1.82, 2.24) is 10.7 Å². The first kappa shape index (κ1) is 17.1. The van der Waals surface area contributed by atoms with Gasteiger partial charge in [-0.1, -0.05) is 24.9 Å². The van der Waals surface area contributed by atoms with Gasteiger partial charge in [0.1, 0.15) is 5.75 Å². The average Bonchev–Trinajstić information content (AvgIpc) is 2.48. The molecule has 23 heavy (non-hydrogen) atoms. The van der Waals surface area contributed by atoms with E-state index in [2.05, 4.69) is 15.8 Å². The van der Waals surface area contributed by atoms with E-state index in [-0.39, 0.29) is 12.1 Å². The third-order valence-electron chi connectivity index (χ3n) is 3.40. The van der Waals surface area contributed by atoms with Crippen LogP contribution in [0, 0.1) is 0 Å². The molecule has 1 aromatic carbocycles. The fraction of sp³-hybridized carbons (Fsp3) is 0.400. The van der Waals surface area contributed by atoms with Crippen LogP contribution in [0.25, 0.3) is 0 Å². The Morgan fingerprint density at radius 1 is 1.52 bits per heavy atom. The van der Waals surface area contributed by atoms with Gasteiger partial charge in [0.15, 0.2) is 6.10 Å². The number of nitrogens with two attached hydrogens (primary N) is 1. The number of nitrogens with one attached hydrogen (secondary N) is 2. The lowest BCUT2D eigenvalue weighted by molar-refractivity contribution is -0.125. The molecule has 0 aliphatic carbocycles. The Balaban J connectivity index is 2.21. The minimum absolute atomic E-state index is 0.245. The average molecular weight is 339 g/mol. The molecule has 0 radical (unpaired) electrons. The molecule has 2 rings (SSSR count). The van der Waals surface area contributed by atoms with Crippen molar-refractivity contribution in [2.24, 2.45) is 10.8 Å². The Morgan fingerprint density at radius 2 is 2.26 bits per heavy atom. The number of hydrogen-bond acceptors (Lipinski definition) is 4. The van der Waals surface area contributed by atoms with E-state index < -0.39 is 12.0 Å². The van der Waals surface area contributed by atoms with Crippen LogP contribution < -0.4 is 21.2 Å². The first-order valence-electron chi connectivity index (χ1n) is 7.32. The van der Waals surface area contributed by atoms with Crippen LogP contribution in [-0.4, -0.2) is 29.8 Å².